The Morgan fingerprint density at radius 1 is 0.952 bits per heavy atom. The van der Waals surface area contributed by atoms with E-state index in [1.807, 2.05) is 19.9 Å². The predicted molar refractivity (Wildman–Crippen MR) is 81.5 cm³/mol. The van der Waals surface area contributed by atoms with Crippen LogP contribution in [0.1, 0.15) is 28.3 Å². The van der Waals surface area contributed by atoms with Crippen LogP contribution in [-0.2, 0) is 0 Å². The lowest BCUT2D eigenvalue weighted by Gasteiger charge is -2.18. The SMILES string of the molecule is COc1cc(OC)cc(C(N)c2c(C)cc(C)cc2F)c1. The summed E-state index contributed by atoms with van der Waals surface area (Å²) >= 11 is 0. The topological polar surface area (TPSA) is 44.5 Å². The fraction of sp³-hybridized carbons (Fsp3) is 0.294. The van der Waals surface area contributed by atoms with Crippen LogP contribution in [0, 0.1) is 19.7 Å². The van der Waals surface area contributed by atoms with Crippen LogP contribution in [0.4, 0.5) is 4.39 Å². The van der Waals surface area contributed by atoms with Crippen LogP contribution in [0.25, 0.3) is 0 Å². The van der Waals surface area contributed by atoms with Gasteiger partial charge in [0, 0.05) is 11.6 Å². The first-order valence-electron chi connectivity index (χ1n) is 6.71. The average molecular weight is 289 g/mol. The molecular weight excluding hydrogens is 269 g/mol. The van der Waals surface area contributed by atoms with Gasteiger partial charge in [-0.3, -0.25) is 0 Å². The third-order valence-corrected chi connectivity index (χ3v) is 3.52. The molecule has 4 heteroatoms. The highest BCUT2D eigenvalue weighted by Crippen LogP contribution is 2.31. The van der Waals surface area contributed by atoms with E-state index in [4.69, 9.17) is 15.2 Å². The fourth-order valence-electron chi connectivity index (χ4n) is 2.50. The Labute approximate surface area is 124 Å². The van der Waals surface area contributed by atoms with Gasteiger partial charge in [-0.2, -0.15) is 0 Å². The molecule has 3 nitrogen and oxygen atoms in total. The minimum atomic E-state index is -0.574. The highest BCUT2D eigenvalue weighted by atomic mass is 19.1. The van der Waals surface area contributed by atoms with Crippen molar-refractivity contribution in [3.63, 3.8) is 0 Å². The minimum absolute atomic E-state index is 0.290. The van der Waals surface area contributed by atoms with E-state index in [0.717, 1.165) is 16.7 Å². The second kappa shape index (κ2) is 6.14. The molecule has 2 rings (SSSR count). The highest BCUT2D eigenvalue weighted by molar-refractivity contribution is 5.45. The van der Waals surface area contributed by atoms with E-state index in [2.05, 4.69) is 0 Å². The van der Waals surface area contributed by atoms with Gasteiger partial charge in [0.25, 0.3) is 0 Å². The number of aryl methyl sites for hydroxylation is 2. The van der Waals surface area contributed by atoms with Crippen molar-refractivity contribution in [2.45, 2.75) is 19.9 Å². The van der Waals surface area contributed by atoms with E-state index in [9.17, 15) is 4.39 Å². The Kier molecular flexibility index (Phi) is 4.48. The zero-order valence-corrected chi connectivity index (χ0v) is 12.7. The van der Waals surface area contributed by atoms with Crippen LogP contribution in [0.3, 0.4) is 0 Å². The first-order valence-corrected chi connectivity index (χ1v) is 6.71. The summed E-state index contributed by atoms with van der Waals surface area (Å²) in [6, 6.07) is 8.21. The molecule has 1 unspecified atom stereocenters. The van der Waals surface area contributed by atoms with Crippen molar-refractivity contribution in [3.05, 3.63) is 58.4 Å². The zero-order chi connectivity index (χ0) is 15.6. The van der Waals surface area contributed by atoms with Gasteiger partial charge in [0.2, 0.25) is 0 Å². The first kappa shape index (κ1) is 15.3. The Morgan fingerprint density at radius 3 is 2.00 bits per heavy atom. The first-order chi connectivity index (χ1) is 9.96. The normalized spacial score (nSPS) is 12.1. The molecule has 0 spiro atoms. The summed E-state index contributed by atoms with van der Waals surface area (Å²) in [4.78, 5) is 0. The molecule has 0 heterocycles. The van der Waals surface area contributed by atoms with E-state index in [0.29, 0.717) is 17.1 Å². The maximum Gasteiger partial charge on any atom is 0.128 e. The summed E-state index contributed by atoms with van der Waals surface area (Å²) in [5, 5.41) is 0. The van der Waals surface area contributed by atoms with Gasteiger partial charge >= 0.3 is 0 Å². The molecule has 2 aromatic carbocycles. The predicted octanol–water partition coefficient (Wildman–Crippen LogP) is 3.51. The molecule has 0 saturated carbocycles. The third-order valence-electron chi connectivity index (χ3n) is 3.52. The molecule has 2 aromatic rings. The van der Waals surface area contributed by atoms with Crippen LogP contribution in [0.15, 0.2) is 30.3 Å². The summed E-state index contributed by atoms with van der Waals surface area (Å²) in [7, 11) is 3.14. The molecule has 0 saturated heterocycles. The van der Waals surface area contributed by atoms with Crippen molar-refractivity contribution >= 4 is 0 Å². The summed E-state index contributed by atoms with van der Waals surface area (Å²) in [5.74, 6) is 0.969. The molecule has 2 N–H and O–H groups in total. The second-order valence-electron chi connectivity index (χ2n) is 5.10. The van der Waals surface area contributed by atoms with Crippen LogP contribution >= 0.6 is 0 Å². The molecule has 0 aromatic heterocycles. The fourth-order valence-corrected chi connectivity index (χ4v) is 2.50. The van der Waals surface area contributed by atoms with Crippen LogP contribution in [0.2, 0.25) is 0 Å². The second-order valence-corrected chi connectivity index (χ2v) is 5.10. The molecule has 0 fully saturated rings. The van der Waals surface area contributed by atoms with Gasteiger partial charge in [0.1, 0.15) is 17.3 Å². The quantitative estimate of drug-likeness (QED) is 0.936. The number of rotatable bonds is 4. The lowest BCUT2D eigenvalue weighted by atomic mass is 9.93. The van der Waals surface area contributed by atoms with Crippen molar-refractivity contribution in [1.29, 1.82) is 0 Å². The maximum absolute atomic E-state index is 14.3. The molecule has 0 aliphatic carbocycles. The van der Waals surface area contributed by atoms with E-state index < -0.39 is 6.04 Å². The van der Waals surface area contributed by atoms with Crippen LogP contribution in [0.5, 0.6) is 11.5 Å². The van der Waals surface area contributed by atoms with Crippen molar-refractivity contribution in [1.82, 2.24) is 0 Å². The van der Waals surface area contributed by atoms with Crippen LogP contribution in [-0.4, -0.2) is 14.2 Å². The summed E-state index contributed by atoms with van der Waals surface area (Å²) in [5.41, 5.74) is 9.22. The molecule has 0 amide bonds. The van der Waals surface area contributed by atoms with E-state index >= 15 is 0 Å². The van der Waals surface area contributed by atoms with Crippen molar-refractivity contribution in [3.8, 4) is 11.5 Å². The van der Waals surface area contributed by atoms with E-state index in [1.54, 1.807) is 32.4 Å². The number of methoxy groups -OCH3 is 2. The largest absolute Gasteiger partial charge is 0.497 e. The van der Waals surface area contributed by atoms with Crippen LogP contribution < -0.4 is 15.2 Å². The molecule has 0 radical (unpaired) electrons. The molecule has 1 atom stereocenters. The average Bonchev–Trinajstić information content (AvgIpc) is 2.45. The molecule has 0 aliphatic heterocycles. The van der Waals surface area contributed by atoms with Crippen molar-refractivity contribution in [2.75, 3.05) is 14.2 Å². The van der Waals surface area contributed by atoms with Gasteiger partial charge in [0.15, 0.2) is 0 Å². The number of ether oxygens (including phenoxy) is 2. The highest BCUT2D eigenvalue weighted by Gasteiger charge is 2.18. The summed E-state index contributed by atoms with van der Waals surface area (Å²) in [6.07, 6.45) is 0. The van der Waals surface area contributed by atoms with Gasteiger partial charge in [0.05, 0.1) is 20.3 Å². The Balaban J connectivity index is 2.52. The Morgan fingerprint density at radius 2 is 1.52 bits per heavy atom. The number of nitrogens with two attached hydrogens (primary N) is 1. The summed E-state index contributed by atoms with van der Waals surface area (Å²) < 4.78 is 24.7. The standard InChI is InChI=1S/C17H20FNO2/c1-10-5-11(2)16(15(18)6-10)17(19)12-7-13(20-3)9-14(8-12)21-4/h5-9,17H,19H2,1-4H3. The molecule has 0 bridgehead atoms. The van der Waals surface area contributed by atoms with Gasteiger partial charge < -0.3 is 15.2 Å². The maximum atomic E-state index is 14.3. The zero-order valence-electron chi connectivity index (χ0n) is 12.7. The van der Waals surface area contributed by atoms with Gasteiger partial charge in [-0.15, -0.1) is 0 Å². The Bertz CT molecular complexity index is 610. The monoisotopic (exact) mass is 289 g/mol. The summed E-state index contributed by atoms with van der Waals surface area (Å²) in [6.45, 7) is 3.72. The number of benzene rings is 2. The molecule has 0 aliphatic rings. The molecule has 112 valence electrons. The number of hydrogen-bond donors (Lipinski definition) is 1. The van der Waals surface area contributed by atoms with E-state index in [-0.39, 0.29) is 5.82 Å². The van der Waals surface area contributed by atoms with Crippen molar-refractivity contribution in [2.24, 2.45) is 5.73 Å². The Hall–Kier alpha value is -2.07. The smallest absolute Gasteiger partial charge is 0.128 e. The van der Waals surface area contributed by atoms with Gasteiger partial charge in [-0.25, -0.2) is 4.39 Å². The minimum Gasteiger partial charge on any atom is -0.497 e. The lowest BCUT2D eigenvalue weighted by Crippen LogP contribution is -2.15. The molecule has 21 heavy (non-hydrogen) atoms. The lowest BCUT2D eigenvalue weighted by molar-refractivity contribution is 0.393. The van der Waals surface area contributed by atoms with E-state index in [1.165, 1.54) is 6.07 Å². The number of halogens is 1. The van der Waals surface area contributed by atoms with Crippen molar-refractivity contribution < 1.29 is 13.9 Å². The van der Waals surface area contributed by atoms with Gasteiger partial charge in [-0.05, 0) is 48.7 Å². The number of hydrogen-bond acceptors (Lipinski definition) is 3. The molecular formula is C17H20FNO2. The third kappa shape index (κ3) is 3.16. The van der Waals surface area contributed by atoms with Gasteiger partial charge in [-0.1, -0.05) is 6.07 Å².